The molecule has 0 saturated carbocycles. The molecule has 0 aliphatic heterocycles. The predicted octanol–water partition coefficient (Wildman–Crippen LogP) is 3.47. The van der Waals surface area contributed by atoms with Gasteiger partial charge in [0.25, 0.3) is 9.79 Å². The van der Waals surface area contributed by atoms with Gasteiger partial charge in [-0.05, 0) is 34.5 Å². The molecule has 0 spiro atoms. The van der Waals surface area contributed by atoms with Gasteiger partial charge in [0.1, 0.15) is 0 Å². The van der Waals surface area contributed by atoms with E-state index in [1.54, 1.807) is 11.3 Å². The summed E-state index contributed by atoms with van der Waals surface area (Å²) in [4.78, 5) is 1.000. The number of thiophene rings is 1. The van der Waals surface area contributed by atoms with Crippen molar-refractivity contribution >= 4 is 49.9 Å². The first-order valence-corrected chi connectivity index (χ1v) is 6.11. The maximum atomic E-state index is 5.29. The lowest BCUT2D eigenvalue weighted by molar-refractivity contribution is 0.538. The van der Waals surface area contributed by atoms with Crippen molar-refractivity contribution in [1.82, 2.24) is 10.2 Å². The number of aromatic nitrogens is 2. The molecule has 0 radical (unpaired) electrons. The fourth-order valence-corrected chi connectivity index (χ4v) is 2.64. The minimum atomic E-state index is 0.565. The fraction of sp³-hybridized carbons (Fsp3) is 0.143. The van der Waals surface area contributed by atoms with Crippen LogP contribution in [0.15, 0.2) is 14.3 Å². The van der Waals surface area contributed by atoms with Crippen molar-refractivity contribution in [3.8, 4) is 10.8 Å². The van der Waals surface area contributed by atoms with Crippen LogP contribution < -0.4 is 0 Å². The summed E-state index contributed by atoms with van der Waals surface area (Å²) < 4.78 is 6.96. The first-order valence-electron chi connectivity index (χ1n) is 3.42. The van der Waals surface area contributed by atoms with E-state index in [9.17, 15) is 0 Å². The number of hydrogen-bond donors (Lipinski definition) is 0. The van der Waals surface area contributed by atoms with E-state index in [-0.39, 0.29) is 0 Å². The summed E-state index contributed by atoms with van der Waals surface area (Å²) in [6, 6.07) is 2.03. The highest BCUT2D eigenvalue weighted by molar-refractivity contribution is 14.1. The standard InChI is InChI=1S/C7H4BrIN2OS/c1-3-2-4(13-5(3)8)6-10-11-7(9)12-6/h2H,1H3. The minimum absolute atomic E-state index is 0.565. The van der Waals surface area contributed by atoms with Crippen LogP contribution >= 0.6 is 49.9 Å². The van der Waals surface area contributed by atoms with Crippen LogP contribution in [0.3, 0.4) is 0 Å². The van der Waals surface area contributed by atoms with Crippen LogP contribution in [0.5, 0.6) is 0 Å². The lowest BCUT2D eigenvalue weighted by atomic mass is 10.3. The molecule has 2 aromatic heterocycles. The van der Waals surface area contributed by atoms with Crippen LogP contribution in [-0.2, 0) is 0 Å². The Labute approximate surface area is 101 Å². The Balaban J connectivity index is 2.46. The van der Waals surface area contributed by atoms with Crippen LogP contribution in [0.1, 0.15) is 5.56 Å². The van der Waals surface area contributed by atoms with Crippen molar-refractivity contribution in [2.45, 2.75) is 6.92 Å². The summed E-state index contributed by atoms with van der Waals surface area (Å²) in [7, 11) is 0. The van der Waals surface area contributed by atoms with Crippen molar-refractivity contribution < 1.29 is 4.42 Å². The molecular formula is C7H4BrIN2OS. The maximum absolute atomic E-state index is 5.29. The highest BCUT2D eigenvalue weighted by Gasteiger charge is 2.10. The van der Waals surface area contributed by atoms with Gasteiger partial charge in [-0.2, -0.15) is 0 Å². The molecule has 0 unspecified atom stereocenters. The van der Waals surface area contributed by atoms with Gasteiger partial charge in [-0.1, -0.05) is 0 Å². The second-order valence-electron chi connectivity index (χ2n) is 2.43. The normalized spacial score (nSPS) is 10.7. The lowest BCUT2D eigenvalue weighted by Gasteiger charge is -1.82. The minimum Gasteiger partial charge on any atom is -0.411 e. The summed E-state index contributed by atoms with van der Waals surface area (Å²) in [6.07, 6.45) is 0. The monoisotopic (exact) mass is 370 g/mol. The third kappa shape index (κ3) is 1.94. The Morgan fingerprint density at radius 2 is 2.31 bits per heavy atom. The summed E-state index contributed by atoms with van der Waals surface area (Å²) >= 11 is 7.04. The van der Waals surface area contributed by atoms with Crippen molar-refractivity contribution in [3.05, 3.63) is 19.3 Å². The van der Waals surface area contributed by atoms with E-state index in [2.05, 4.69) is 26.1 Å². The topological polar surface area (TPSA) is 38.9 Å². The van der Waals surface area contributed by atoms with Crippen LogP contribution in [0, 0.1) is 10.8 Å². The Morgan fingerprint density at radius 3 is 2.77 bits per heavy atom. The third-order valence-electron chi connectivity index (χ3n) is 1.47. The summed E-state index contributed by atoms with van der Waals surface area (Å²) in [5.74, 6) is 0.586. The highest BCUT2D eigenvalue weighted by atomic mass is 127. The summed E-state index contributed by atoms with van der Waals surface area (Å²) in [5, 5.41) is 7.70. The predicted molar refractivity (Wildman–Crippen MR) is 62.8 cm³/mol. The lowest BCUT2D eigenvalue weighted by Crippen LogP contribution is -1.70. The fourth-order valence-electron chi connectivity index (χ4n) is 0.870. The van der Waals surface area contributed by atoms with Crippen molar-refractivity contribution in [2.75, 3.05) is 0 Å². The Morgan fingerprint density at radius 1 is 1.54 bits per heavy atom. The van der Waals surface area contributed by atoms with Gasteiger partial charge in [-0.15, -0.1) is 21.5 Å². The number of aryl methyl sites for hydroxylation is 1. The second kappa shape index (κ2) is 3.66. The van der Waals surface area contributed by atoms with Crippen molar-refractivity contribution in [3.63, 3.8) is 0 Å². The molecule has 2 rings (SSSR count). The number of rotatable bonds is 1. The molecule has 0 aliphatic rings. The molecule has 2 heterocycles. The Bertz CT molecular complexity index is 420. The van der Waals surface area contributed by atoms with E-state index in [1.165, 1.54) is 5.56 Å². The van der Waals surface area contributed by atoms with Gasteiger partial charge in [0.2, 0.25) is 0 Å². The van der Waals surface area contributed by atoms with E-state index in [0.29, 0.717) is 9.79 Å². The number of nitrogens with zero attached hydrogens (tertiary/aromatic N) is 2. The number of halogens is 2. The van der Waals surface area contributed by atoms with E-state index in [4.69, 9.17) is 4.42 Å². The molecule has 0 amide bonds. The zero-order valence-electron chi connectivity index (χ0n) is 6.54. The van der Waals surface area contributed by atoms with Gasteiger partial charge < -0.3 is 4.42 Å². The third-order valence-corrected chi connectivity index (χ3v) is 4.03. The molecule has 0 bridgehead atoms. The van der Waals surface area contributed by atoms with Crippen LogP contribution in [0.4, 0.5) is 0 Å². The van der Waals surface area contributed by atoms with Crippen LogP contribution in [-0.4, -0.2) is 10.2 Å². The van der Waals surface area contributed by atoms with Crippen LogP contribution in [0.2, 0.25) is 0 Å². The molecule has 2 aromatic rings. The van der Waals surface area contributed by atoms with Gasteiger partial charge >= 0.3 is 0 Å². The number of hydrogen-bond acceptors (Lipinski definition) is 4. The SMILES string of the molecule is Cc1cc(-c2nnc(I)o2)sc1Br. The molecule has 0 aromatic carbocycles. The molecule has 3 nitrogen and oxygen atoms in total. The van der Waals surface area contributed by atoms with E-state index in [1.807, 2.05) is 35.6 Å². The summed E-state index contributed by atoms with van der Waals surface area (Å²) in [5.41, 5.74) is 1.19. The van der Waals surface area contributed by atoms with Crippen LogP contribution in [0.25, 0.3) is 10.8 Å². The van der Waals surface area contributed by atoms with Gasteiger partial charge in [0.05, 0.1) is 8.66 Å². The first kappa shape index (κ1) is 9.60. The zero-order chi connectivity index (χ0) is 9.42. The zero-order valence-corrected chi connectivity index (χ0v) is 11.1. The molecule has 0 saturated heterocycles. The molecule has 0 aliphatic carbocycles. The maximum Gasteiger partial charge on any atom is 0.278 e. The highest BCUT2D eigenvalue weighted by Crippen LogP contribution is 2.33. The molecule has 68 valence electrons. The Kier molecular flexibility index (Phi) is 2.70. The average molecular weight is 371 g/mol. The van der Waals surface area contributed by atoms with E-state index in [0.717, 1.165) is 8.66 Å². The van der Waals surface area contributed by atoms with E-state index >= 15 is 0 Å². The van der Waals surface area contributed by atoms with E-state index < -0.39 is 0 Å². The molecule has 13 heavy (non-hydrogen) atoms. The molecule has 6 heteroatoms. The van der Waals surface area contributed by atoms with Gasteiger partial charge in [0, 0.05) is 22.6 Å². The smallest absolute Gasteiger partial charge is 0.278 e. The van der Waals surface area contributed by atoms with Crippen molar-refractivity contribution in [1.29, 1.82) is 0 Å². The second-order valence-corrected chi connectivity index (χ2v) is 5.72. The summed E-state index contributed by atoms with van der Waals surface area (Å²) in [6.45, 7) is 2.03. The van der Waals surface area contributed by atoms with Gasteiger partial charge in [-0.3, -0.25) is 0 Å². The molecule has 0 fully saturated rings. The molecular weight excluding hydrogens is 367 g/mol. The largest absolute Gasteiger partial charge is 0.411 e. The average Bonchev–Trinajstić information content (AvgIpc) is 2.61. The van der Waals surface area contributed by atoms with Gasteiger partial charge in [-0.25, -0.2) is 0 Å². The molecule has 0 N–H and O–H groups in total. The van der Waals surface area contributed by atoms with Gasteiger partial charge in [0.15, 0.2) is 0 Å². The molecule has 0 atom stereocenters. The van der Waals surface area contributed by atoms with Crippen molar-refractivity contribution in [2.24, 2.45) is 0 Å². The quantitative estimate of drug-likeness (QED) is 0.721. The first-order chi connectivity index (χ1) is 6.16. The Hall–Kier alpha value is 0.0500.